The van der Waals surface area contributed by atoms with Crippen LogP contribution in [0.5, 0.6) is 5.75 Å². The van der Waals surface area contributed by atoms with Gasteiger partial charge in [0.25, 0.3) is 5.91 Å². The van der Waals surface area contributed by atoms with Crippen LogP contribution in [-0.4, -0.2) is 51.1 Å². The zero-order valence-electron chi connectivity index (χ0n) is 20.0. The predicted molar refractivity (Wildman–Crippen MR) is 135 cm³/mol. The highest BCUT2D eigenvalue weighted by molar-refractivity contribution is 5.97. The summed E-state index contributed by atoms with van der Waals surface area (Å²) < 4.78 is 5.58. The number of anilines is 1. The number of carbonyl (C=O) groups is 1. The first-order chi connectivity index (χ1) is 16.0. The lowest BCUT2D eigenvalue weighted by Crippen LogP contribution is -2.44. The van der Waals surface area contributed by atoms with Crippen molar-refractivity contribution in [2.45, 2.75) is 19.9 Å². The van der Waals surface area contributed by atoms with Gasteiger partial charge in [-0.1, -0.05) is 42.5 Å². The number of hydrogen-bond acceptors (Lipinski definition) is 4. The quantitative estimate of drug-likeness (QED) is 0.588. The molecule has 3 aromatic rings. The summed E-state index contributed by atoms with van der Waals surface area (Å²) >= 11 is 0. The van der Waals surface area contributed by atoms with Gasteiger partial charge in [0.15, 0.2) is 0 Å². The van der Waals surface area contributed by atoms with E-state index in [1.54, 1.807) is 7.11 Å². The third-order valence-electron chi connectivity index (χ3n) is 6.49. The maximum Gasteiger partial charge on any atom is 0.252 e. The molecule has 0 aliphatic carbocycles. The van der Waals surface area contributed by atoms with E-state index in [9.17, 15) is 4.79 Å². The second-order valence-electron chi connectivity index (χ2n) is 8.81. The van der Waals surface area contributed by atoms with Crippen LogP contribution in [0.25, 0.3) is 11.1 Å². The van der Waals surface area contributed by atoms with Gasteiger partial charge in [-0.05, 0) is 61.9 Å². The molecule has 1 atom stereocenters. The molecular weight excluding hydrogens is 410 g/mol. The molecule has 1 aliphatic heterocycles. The average Bonchev–Trinajstić information content (AvgIpc) is 2.85. The average molecular weight is 444 g/mol. The van der Waals surface area contributed by atoms with Crippen LogP contribution in [0.15, 0.2) is 66.7 Å². The molecule has 5 nitrogen and oxygen atoms in total. The minimum absolute atomic E-state index is 0.0481. The Balaban J connectivity index is 1.54. The Labute approximate surface area is 197 Å². The van der Waals surface area contributed by atoms with Gasteiger partial charge in [0.2, 0.25) is 0 Å². The smallest absolute Gasteiger partial charge is 0.252 e. The van der Waals surface area contributed by atoms with E-state index < -0.39 is 0 Å². The van der Waals surface area contributed by atoms with Crippen molar-refractivity contribution in [1.82, 2.24) is 10.2 Å². The molecule has 1 saturated heterocycles. The number of benzene rings is 3. The normalized spacial score (nSPS) is 15.2. The van der Waals surface area contributed by atoms with Crippen molar-refractivity contribution in [1.29, 1.82) is 0 Å². The van der Waals surface area contributed by atoms with Crippen LogP contribution in [0.1, 0.15) is 34.5 Å². The van der Waals surface area contributed by atoms with E-state index in [2.05, 4.69) is 46.4 Å². The van der Waals surface area contributed by atoms with Crippen molar-refractivity contribution in [2.24, 2.45) is 0 Å². The van der Waals surface area contributed by atoms with Gasteiger partial charge in [0, 0.05) is 43.0 Å². The lowest BCUT2D eigenvalue weighted by molar-refractivity contribution is 0.0939. The number of carbonyl (C=O) groups excluding carboxylic acids is 1. The van der Waals surface area contributed by atoms with E-state index in [1.807, 2.05) is 56.3 Å². The molecule has 1 amide bonds. The molecule has 3 aromatic carbocycles. The fourth-order valence-corrected chi connectivity index (χ4v) is 4.31. The molecule has 4 rings (SSSR count). The molecule has 0 spiro atoms. The highest BCUT2D eigenvalue weighted by Crippen LogP contribution is 2.32. The summed E-state index contributed by atoms with van der Waals surface area (Å²) in [6.07, 6.45) is 0. The first kappa shape index (κ1) is 22.9. The molecule has 0 saturated carbocycles. The first-order valence-electron chi connectivity index (χ1n) is 11.5. The lowest BCUT2D eigenvalue weighted by atomic mass is 9.98. The lowest BCUT2D eigenvalue weighted by Gasteiger charge is -2.34. The minimum atomic E-state index is -0.141. The molecular formula is C28H33N3O2. The zero-order valence-corrected chi connectivity index (χ0v) is 20.0. The Kier molecular flexibility index (Phi) is 6.99. The molecule has 0 radical (unpaired) electrons. The molecule has 1 aliphatic rings. The first-order valence-corrected chi connectivity index (χ1v) is 11.5. The van der Waals surface area contributed by atoms with Crippen LogP contribution >= 0.6 is 0 Å². The van der Waals surface area contributed by atoms with Gasteiger partial charge in [-0.3, -0.25) is 4.79 Å². The summed E-state index contributed by atoms with van der Waals surface area (Å²) in [5.74, 6) is 0.771. The van der Waals surface area contributed by atoms with Crippen LogP contribution in [0, 0.1) is 6.92 Å². The molecule has 1 heterocycles. The van der Waals surface area contributed by atoms with E-state index in [-0.39, 0.29) is 11.9 Å². The molecule has 0 aromatic heterocycles. The number of piperazine rings is 1. The van der Waals surface area contributed by atoms with Crippen molar-refractivity contribution >= 4 is 11.6 Å². The Bertz CT molecular complexity index is 1110. The number of methoxy groups -OCH3 is 1. The van der Waals surface area contributed by atoms with Crippen molar-refractivity contribution in [3.8, 4) is 16.9 Å². The zero-order chi connectivity index (χ0) is 23.4. The Morgan fingerprint density at radius 1 is 0.970 bits per heavy atom. The van der Waals surface area contributed by atoms with Crippen LogP contribution < -0.4 is 15.0 Å². The van der Waals surface area contributed by atoms with Crippen molar-refractivity contribution in [3.05, 3.63) is 83.4 Å². The number of likely N-dealkylation sites (N-methyl/N-ethyl adjacent to an activating group) is 1. The third-order valence-corrected chi connectivity index (χ3v) is 6.49. The SMILES string of the molecule is COc1ccc(C(C)NC(=O)c2cc(N3CCN(C)CC3)ccc2C)cc1-c1ccccc1. The topological polar surface area (TPSA) is 44.8 Å². The summed E-state index contributed by atoms with van der Waals surface area (Å²) in [5, 5.41) is 3.20. The third kappa shape index (κ3) is 5.20. The van der Waals surface area contributed by atoms with E-state index in [1.165, 1.54) is 0 Å². The maximum atomic E-state index is 13.3. The van der Waals surface area contributed by atoms with E-state index in [4.69, 9.17) is 4.74 Å². The summed E-state index contributed by atoms with van der Waals surface area (Å²) in [6, 6.07) is 22.3. The summed E-state index contributed by atoms with van der Waals surface area (Å²) in [4.78, 5) is 17.9. The predicted octanol–water partition coefficient (Wildman–Crippen LogP) is 4.91. The van der Waals surface area contributed by atoms with Crippen LogP contribution in [0.2, 0.25) is 0 Å². The Morgan fingerprint density at radius 3 is 2.39 bits per heavy atom. The number of rotatable bonds is 6. The fraction of sp³-hybridized carbons (Fsp3) is 0.321. The van der Waals surface area contributed by atoms with Gasteiger partial charge in [0.1, 0.15) is 5.75 Å². The number of aryl methyl sites for hydroxylation is 1. The molecule has 0 bridgehead atoms. The summed E-state index contributed by atoms with van der Waals surface area (Å²) in [6.45, 7) is 8.04. The van der Waals surface area contributed by atoms with Crippen LogP contribution in [-0.2, 0) is 0 Å². The second-order valence-corrected chi connectivity index (χ2v) is 8.81. The van der Waals surface area contributed by atoms with Gasteiger partial charge < -0.3 is 19.9 Å². The van der Waals surface area contributed by atoms with Crippen molar-refractivity contribution in [3.63, 3.8) is 0 Å². The summed E-state index contributed by atoms with van der Waals surface area (Å²) in [5.41, 5.74) is 5.97. The number of hydrogen-bond donors (Lipinski definition) is 1. The van der Waals surface area contributed by atoms with E-state index >= 15 is 0 Å². The number of nitrogens with zero attached hydrogens (tertiary/aromatic N) is 2. The van der Waals surface area contributed by atoms with Crippen molar-refractivity contribution in [2.75, 3.05) is 45.2 Å². The fourth-order valence-electron chi connectivity index (χ4n) is 4.31. The van der Waals surface area contributed by atoms with Crippen LogP contribution in [0.4, 0.5) is 5.69 Å². The number of nitrogens with one attached hydrogen (secondary N) is 1. The Morgan fingerprint density at radius 2 is 1.70 bits per heavy atom. The highest BCUT2D eigenvalue weighted by atomic mass is 16.5. The molecule has 1 unspecified atom stereocenters. The molecule has 33 heavy (non-hydrogen) atoms. The molecule has 5 heteroatoms. The molecule has 172 valence electrons. The second kappa shape index (κ2) is 10.1. The van der Waals surface area contributed by atoms with Gasteiger partial charge in [0.05, 0.1) is 13.2 Å². The molecule has 1 fully saturated rings. The van der Waals surface area contributed by atoms with Crippen molar-refractivity contribution < 1.29 is 9.53 Å². The van der Waals surface area contributed by atoms with E-state index in [0.717, 1.165) is 65.4 Å². The van der Waals surface area contributed by atoms with E-state index in [0.29, 0.717) is 0 Å². The molecule has 1 N–H and O–H groups in total. The standard InChI is InChI=1S/C28H33N3O2/c1-20-10-12-24(31-16-14-30(3)15-17-31)19-25(20)28(32)29-21(2)23-11-13-27(33-4)26(18-23)22-8-6-5-7-9-22/h5-13,18-19,21H,14-17H2,1-4H3,(H,29,32). The van der Waals surface area contributed by atoms with Gasteiger partial charge in [-0.2, -0.15) is 0 Å². The monoisotopic (exact) mass is 443 g/mol. The minimum Gasteiger partial charge on any atom is -0.496 e. The summed E-state index contributed by atoms with van der Waals surface area (Å²) in [7, 11) is 3.83. The van der Waals surface area contributed by atoms with Gasteiger partial charge >= 0.3 is 0 Å². The van der Waals surface area contributed by atoms with Gasteiger partial charge in [-0.25, -0.2) is 0 Å². The highest BCUT2D eigenvalue weighted by Gasteiger charge is 2.19. The Hall–Kier alpha value is -3.31. The number of ether oxygens (including phenoxy) is 1. The maximum absolute atomic E-state index is 13.3. The van der Waals surface area contributed by atoms with Gasteiger partial charge in [-0.15, -0.1) is 0 Å². The van der Waals surface area contributed by atoms with Crippen LogP contribution in [0.3, 0.4) is 0 Å². The number of amides is 1. The largest absolute Gasteiger partial charge is 0.496 e.